The number of methoxy groups -OCH3 is 1. The molecular formula is C16H20N2O4. The van der Waals surface area contributed by atoms with E-state index in [1.807, 2.05) is 42.2 Å². The number of nitro groups is 1. The highest BCUT2D eigenvalue weighted by Crippen LogP contribution is 2.53. The van der Waals surface area contributed by atoms with E-state index in [1.165, 1.54) is 7.11 Å². The highest BCUT2D eigenvalue weighted by Gasteiger charge is 2.70. The number of fused-ring (bicyclic) bond motifs is 1. The largest absolute Gasteiger partial charge is 0.467 e. The van der Waals surface area contributed by atoms with Crippen LogP contribution in [0.15, 0.2) is 30.3 Å². The first-order chi connectivity index (χ1) is 10.5. The molecule has 6 heteroatoms. The molecule has 6 nitrogen and oxygen atoms in total. The number of esters is 1. The fourth-order valence-corrected chi connectivity index (χ4v) is 4.48. The maximum absolute atomic E-state index is 12.5. The molecule has 0 N–H and O–H groups in total. The summed E-state index contributed by atoms with van der Waals surface area (Å²) in [6.07, 6.45) is 1.26. The van der Waals surface area contributed by atoms with Gasteiger partial charge in [-0.25, -0.2) is 4.79 Å². The first-order valence-corrected chi connectivity index (χ1v) is 7.57. The minimum absolute atomic E-state index is 0.127. The Morgan fingerprint density at radius 3 is 2.68 bits per heavy atom. The maximum Gasteiger partial charge on any atom is 0.333 e. The second-order valence-corrected chi connectivity index (χ2v) is 6.16. The molecule has 2 aliphatic heterocycles. The van der Waals surface area contributed by atoms with E-state index >= 15 is 0 Å². The highest BCUT2D eigenvalue weighted by molar-refractivity contribution is 5.83. The van der Waals surface area contributed by atoms with Crippen LogP contribution in [0.1, 0.15) is 31.4 Å². The molecule has 2 heterocycles. The number of rotatable bonds is 3. The Labute approximate surface area is 129 Å². The van der Waals surface area contributed by atoms with Gasteiger partial charge in [-0.3, -0.25) is 15.0 Å². The molecule has 0 saturated carbocycles. The normalized spacial score (nSPS) is 34.4. The fraction of sp³-hybridized carbons (Fsp3) is 0.562. The second kappa shape index (κ2) is 5.35. The number of benzene rings is 1. The lowest BCUT2D eigenvalue weighted by molar-refractivity contribution is -0.537. The van der Waals surface area contributed by atoms with Crippen molar-refractivity contribution in [2.75, 3.05) is 13.7 Å². The van der Waals surface area contributed by atoms with Gasteiger partial charge in [0.2, 0.25) is 6.04 Å². The fourth-order valence-electron chi connectivity index (χ4n) is 4.48. The van der Waals surface area contributed by atoms with Crippen LogP contribution in [0, 0.1) is 16.0 Å². The van der Waals surface area contributed by atoms with E-state index in [-0.39, 0.29) is 16.9 Å². The summed E-state index contributed by atoms with van der Waals surface area (Å²) in [5.41, 5.74) is -0.104. The predicted octanol–water partition coefficient (Wildman–Crippen LogP) is 2.03. The molecule has 2 saturated heterocycles. The molecule has 2 fully saturated rings. The average Bonchev–Trinajstić information content (AvgIpc) is 3.02. The standard InChI is InChI=1S/C16H20N2O4/c1-11-13(12-7-4-3-5-8-12)17-10-6-9-16(17,15(19)22-2)14(11)18(20)21/h3-5,7-8,11,13-14H,6,9-10H2,1-2H3/t11-,13+,14+,16+/m1/s1. The number of nitrogens with zero attached hydrogens (tertiary/aromatic N) is 2. The van der Waals surface area contributed by atoms with Gasteiger partial charge in [-0.15, -0.1) is 0 Å². The molecular weight excluding hydrogens is 284 g/mol. The van der Waals surface area contributed by atoms with Crippen LogP contribution in [0.25, 0.3) is 0 Å². The smallest absolute Gasteiger partial charge is 0.333 e. The van der Waals surface area contributed by atoms with E-state index < -0.39 is 17.6 Å². The lowest BCUT2D eigenvalue weighted by atomic mass is 9.83. The summed E-state index contributed by atoms with van der Waals surface area (Å²) in [5.74, 6) is -0.728. The predicted molar refractivity (Wildman–Crippen MR) is 79.8 cm³/mol. The van der Waals surface area contributed by atoms with Gasteiger partial charge >= 0.3 is 5.97 Å². The Hall–Kier alpha value is -1.95. The van der Waals surface area contributed by atoms with Gasteiger partial charge < -0.3 is 4.74 Å². The molecule has 4 atom stereocenters. The minimum Gasteiger partial charge on any atom is -0.467 e. The number of ether oxygens (including phenoxy) is 1. The third kappa shape index (κ3) is 1.86. The first kappa shape index (κ1) is 15.0. The molecule has 0 amide bonds. The average molecular weight is 304 g/mol. The SMILES string of the molecule is COC(=O)[C@@]12CCCN1[C@H](c1ccccc1)[C@@H](C)[C@@H]2[N+](=O)[O-]. The van der Waals surface area contributed by atoms with E-state index in [0.29, 0.717) is 13.0 Å². The molecule has 0 spiro atoms. The van der Waals surface area contributed by atoms with Crippen LogP contribution in [0.3, 0.4) is 0 Å². The van der Waals surface area contributed by atoms with Crippen LogP contribution in [0.5, 0.6) is 0 Å². The van der Waals surface area contributed by atoms with Crippen molar-refractivity contribution in [1.82, 2.24) is 4.90 Å². The molecule has 1 aromatic rings. The lowest BCUT2D eigenvalue weighted by Gasteiger charge is -2.32. The zero-order valence-electron chi connectivity index (χ0n) is 12.8. The van der Waals surface area contributed by atoms with Gasteiger partial charge in [-0.05, 0) is 18.4 Å². The van der Waals surface area contributed by atoms with Gasteiger partial charge in [0, 0.05) is 23.4 Å². The Balaban J connectivity index is 2.12. The Morgan fingerprint density at radius 1 is 1.41 bits per heavy atom. The number of hydrogen-bond donors (Lipinski definition) is 0. The summed E-state index contributed by atoms with van der Waals surface area (Å²) in [7, 11) is 1.31. The summed E-state index contributed by atoms with van der Waals surface area (Å²) in [5, 5.41) is 11.7. The van der Waals surface area contributed by atoms with Crippen LogP contribution in [-0.4, -0.2) is 41.0 Å². The molecule has 22 heavy (non-hydrogen) atoms. The van der Waals surface area contributed by atoms with E-state index in [9.17, 15) is 14.9 Å². The van der Waals surface area contributed by atoms with E-state index in [4.69, 9.17) is 4.74 Å². The molecule has 118 valence electrons. The maximum atomic E-state index is 12.5. The molecule has 0 aliphatic carbocycles. The minimum atomic E-state index is -1.13. The monoisotopic (exact) mass is 304 g/mol. The van der Waals surface area contributed by atoms with Crippen molar-refractivity contribution in [3.8, 4) is 0 Å². The van der Waals surface area contributed by atoms with Gasteiger partial charge in [0.15, 0.2) is 5.54 Å². The first-order valence-electron chi connectivity index (χ1n) is 7.57. The van der Waals surface area contributed by atoms with Crippen molar-refractivity contribution in [1.29, 1.82) is 0 Å². The van der Waals surface area contributed by atoms with Crippen molar-refractivity contribution in [3.05, 3.63) is 46.0 Å². The Kier molecular flexibility index (Phi) is 3.64. The van der Waals surface area contributed by atoms with Crippen LogP contribution in [0.2, 0.25) is 0 Å². The van der Waals surface area contributed by atoms with E-state index in [1.54, 1.807) is 0 Å². The topological polar surface area (TPSA) is 72.7 Å². The van der Waals surface area contributed by atoms with Crippen LogP contribution in [0.4, 0.5) is 0 Å². The molecule has 2 aliphatic rings. The van der Waals surface area contributed by atoms with Crippen molar-refractivity contribution in [3.63, 3.8) is 0 Å². The molecule has 0 radical (unpaired) electrons. The molecule has 0 bridgehead atoms. The summed E-state index contributed by atoms with van der Waals surface area (Å²) in [6.45, 7) is 2.55. The third-order valence-corrected chi connectivity index (χ3v) is 5.20. The Morgan fingerprint density at radius 2 is 2.09 bits per heavy atom. The van der Waals surface area contributed by atoms with Gasteiger partial charge in [-0.2, -0.15) is 0 Å². The van der Waals surface area contributed by atoms with E-state index in [2.05, 4.69) is 0 Å². The summed E-state index contributed by atoms with van der Waals surface area (Å²) >= 11 is 0. The van der Waals surface area contributed by atoms with Gasteiger partial charge in [0.25, 0.3) is 0 Å². The summed E-state index contributed by atoms with van der Waals surface area (Å²) < 4.78 is 4.97. The van der Waals surface area contributed by atoms with Crippen LogP contribution >= 0.6 is 0 Å². The summed E-state index contributed by atoms with van der Waals surface area (Å²) in [6, 6.07) is 8.67. The highest BCUT2D eigenvalue weighted by atomic mass is 16.6. The van der Waals surface area contributed by atoms with E-state index in [0.717, 1.165) is 12.0 Å². The number of carbonyl (C=O) groups is 1. The van der Waals surface area contributed by atoms with Crippen molar-refractivity contribution >= 4 is 5.97 Å². The lowest BCUT2D eigenvalue weighted by Crippen LogP contribution is -2.56. The van der Waals surface area contributed by atoms with Gasteiger partial charge in [0.05, 0.1) is 7.11 Å². The zero-order chi connectivity index (χ0) is 15.9. The number of carbonyl (C=O) groups excluding carboxylic acids is 1. The molecule has 1 aromatic carbocycles. The van der Waals surface area contributed by atoms with Crippen molar-refractivity contribution in [2.45, 2.75) is 37.4 Å². The Bertz CT molecular complexity index is 591. The quantitative estimate of drug-likeness (QED) is 0.485. The zero-order valence-corrected chi connectivity index (χ0v) is 12.8. The van der Waals surface area contributed by atoms with Gasteiger partial charge in [-0.1, -0.05) is 37.3 Å². The summed E-state index contributed by atoms with van der Waals surface area (Å²) in [4.78, 5) is 25.9. The number of hydrogen-bond acceptors (Lipinski definition) is 5. The molecule has 3 rings (SSSR count). The van der Waals surface area contributed by atoms with Gasteiger partial charge in [0.1, 0.15) is 0 Å². The second-order valence-electron chi connectivity index (χ2n) is 6.16. The van der Waals surface area contributed by atoms with Crippen LogP contribution < -0.4 is 0 Å². The van der Waals surface area contributed by atoms with Crippen molar-refractivity contribution in [2.24, 2.45) is 5.92 Å². The molecule has 0 unspecified atom stereocenters. The van der Waals surface area contributed by atoms with Crippen LogP contribution in [-0.2, 0) is 9.53 Å². The molecule has 0 aromatic heterocycles. The third-order valence-electron chi connectivity index (χ3n) is 5.20. The van der Waals surface area contributed by atoms with Crippen molar-refractivity contribution < 1.29 is 14.5 Å².